The minimum atomic E-state index is -0.125. The van der Waals surface area contributed by atoms with E-state index in [-0.39, 0.29) is 37.4 Å². The fraction of sp³-hybridized carbons (Fsp3) is 0.167. The number of aromatic nitrogens is 1. The Morgan fingerprint density at radius 3 is 2.29 bits per heavy atom. The normalized spacial score (nSPS) is 11.8. The Hall–Kier alpha value is -3.40. The first-order valence-electron chi connectivity index (χ1n) is 11.1. The molecule has 0 atom stereocenters. The quantitative estimate of drug-likeness (QED) is 0.130. The van der Waals surface area contributed by atoms with Crippen LogP contribution in [0.4, 0.5) is 0 Å². The molecular formula is C30H26IrNO3-. The maximum absolute atomic E-state index is 12.8. The average molecular weight is 641 g/mol. The number of rotatable bonds is 2. The molecule has 5 rings (SSSR count). The van der Waals surface area contributed by atoms with Crippen LogP contribution in [0.3, 0.4) is 0 Å². The van der Waals surface area contributed by atoms with Crippen LogP contribution in [-0.2, 0) is 24.9 Å². The van der Waals surface area contributed by atoms with Crippen LogP contribution in [0.5, 0.6) is 0 Å². The Morgan fingerprint density at radius 1 is 0.943 bits per heavy atom. The van der Waals surface area contributed by atoms with Crippen LogP contribution >= 0.6 is 0 Å². The minimum absolute atomic E-state index is 0. The van der Waals surface area contributed by atoms with Crippen LogP contribution in [-0.4, -0.2) is 21.7 Å². The molecule has 5 heteroatoms. The Balaban J connectivity index is 0.000000378. The first kappa shape index (κ1) is 26.2. The molecule has 1 aromatic heterocycles. The van der Waals surface area contributed by atoms with Gasteiger partial charge in [0.25, 0.3) is 0 Å². The number of hydrogen-bond acceptors (Lipinski definition) is 4. The average Bonchev–Trinajstić information content (AvgIpc) is 3.06. The molecule has 0 spiro atoms. The van der Waals surface area contributed by atoms with Gasteiger partial charge in [-0.25, -0.2) is 0 Å². The number of ketones is 2. The minimum Gasteiger partial charge on any atom is -0.512 e. The van der Waals surface area contributed by atoms with Crippen molar-refractivity contribution in [1.82, 2.24) is 4.98 Å². The molecule has 0 bridgehead atoms. The van der Waals surface area contributed by atoms with E-state index in [0.29, 0.717) is 0 Å². The van der Waals surface area contributed by atoms with Crippen molar-refractivity contribution in [3.8, 4) is 22.4 Å². The van der Waals surface area contributed by atoms with Crippen LogP contribution in [0.25, 0.3) is 33.3 Å². The fourth-order valence-corrected chi connectivity index (χ4v) is 4.47. The summed E-state index contributed by atoms with van der Waals surface area (Å²) in [5.74, 6) is 0.0461. The topological polar surface area (TPSA) is 67.3 Å². The van der Waals surface area contributed by atoms with Crippen molar-refractivity contribution in [3.05, 3.63) is 100 Å². The molecule has 1 radical (unpaired) electrons. The second kappa shape index (κ2) is 10.5. The van der Waals surface area contributed by atoms with Gasteiger partial charge in [-0.15, -0.1) is 34.9 Å². The predicted octanol–water partition coefficient (Wildman–Crippen LogP) is 6.87. The van der Waals surface area contributed by atoms with Crippen LogP contribution in [0.2, 0.25) is 0 Å². The van der Waals surface area contributed by atoms with E-state index in [1.807, 2.05) is 30.3 Å². The molecule has 1 aliphatic rings. The van der Waals surface area contributed by atoms with Gasteiger partial charge in [0, 0.05) is 48.3 Å². The molecule has 1 N–H and O–H groups in total. The SMILES string of the molecule is CC(=O)/C=C(/C)O.Cc1[c-]c(-c2ccc3c4c(ccc3n2)C(=O)c2cccc(C)c2-4)cc(C)c1.[Ir]. The van der Waals surface area contributed by atoms with Crippen molar-refractivity contribution >= 4 is 22.5 Å². The summed E-state index contributed by atoms with van der Waals surface area (Å²) in [4.78, 5) is 27.7. The van der Waals surface area contributed by atoms with Crippen LogP contribution < -0.4 is 0 Å². The van der Waals surface area contributed by atoms with E-state index in [9.17, 15) is 9.59 Å². The number of hydrogen-bond donors (Lipinski definition) is 1. The molecule has 0 saturated heterocycles. The largest absolute Gasteiger partial charge is 0.512 e. The van der Waals surface area contributed by atoms with Crippen molar-refractivity contribution < 1.29 is 34.8 Å². The van der Waals surface area contributed by atoms with Crippen molar-refractivity contribution in [2.24, 2.45) is 0 Å². The zero-order valence-electron chi connectivity index (χ0n) is 20.3. The second-order valence-electron chi connectivity index (χ2n) is 8.73. The summed E-state index contributed by atoms with van der Waals surface area (Å²) in [6, 6.07) is 21.6. The maximum atomic E-state index is 12.8. The zero-order valence-corrected chi connectivity index (χ0v) is 22.7. The number of nitrogens with zero attached hydrogens (tertiary/aromatic N) is 1. The van der Waals surface area contributed by atoms with Gasteiger partial charge in [-0.3, -0.25) is 14.6 Å². The molecule has 179 valence electrons. The number of carbonyl (C=O) groups is 2. The van der Waals surface area contributed by atoms with Crippen LogP contribution in [0.1, 0.15) is 46.5 Å². The van der Waals surface area contributed by atoms with Crippen LogP contribution in [0.15, 0.2) is 66.4 Å². The van der Waals surface area contributed by atoms with Crippen molar-refractivity contribution in [2.75, 3.05) is 0 Å². The van der Waals surface area contributed by atoms with E-state index in [1.165, 1.54) is 25.5 Å². The third kappa shape index (κ3) is 5.32. The summed E-state index contributed by atoms with van der Waals surface area (Å²) in [6.07, 6.45) is 1.17. The van der Waals surface area contributed by atoms with Gasteiger partial charge < -0.3 is 5.11 Å². The first-order valence-corrected chi connectivity index (χ1v) is 11.1. The van der Waals surface area contributed by atoms with E-state index < -0.39 is 0 Å². The third-order valence-electron chi connectivity index (χ3n) is 5.72. The van der Waals surface area contributed by atoms with Crippen molar-refractivity contribution in [3.63, 3.8) is 0 Å². The van der Waals surface area contributed by atoms with Crippen molar-refractivity contribution in [1.29, 1.82) is 0 Å². The molecule has 0 aliphatic heterocycles. The molecule has 0 saturated carbocycles. The number of allylic oxidation sites excluding steroid dienone is 2. The smallest absolute Gasteiger partial charge is 0.194 e. The number of aliphatic hydroxyl groups is 1. The standard InChI is InChI=1S/C25H18NO.C5H8O2.Ir/c1-14-11-15(2)13-17(12-14)21-9-7-18-22(26-21)10-8-20-24(18)23-16(3)5-4-6-19(23)25(20)27;1-4(6)3-5(2)7;/h4-12H,1-3H3;3,6H,1-2H3;/q-1;;/b;4-3-;. The summed E-state index contributed by atoms with van der Waals surface area (Å²) in [7, 11) is 0. The molecule has 1 aliphatic carbocycles. The number of benzene rings is 3. The molecule has 0 amide bonds. The Morgan fingerprint density at radius 2 is 1.66 bits per heavy atom. The number of carbonyl (C=O) groups excluding carboxylic acids is 2. The van der Waals surface area contributed by atoms with E-state index in [1.54, 1.807) is 0 Å². The van der Waals surface area contributed by atoms with E-state index in [4.69, 9.17) is 10.1 Å². The molecule has 4 aromatic rings. The molecule has 1 heterocycles. The predicted molar refractivity (Wildman–Crippen MR) is 136 cm³/mol. The van der Waals surface area contributed by atoms with Crippen molar-refractivity contribution in [2.45, 2.75) is 34.6 Å². The summed E-state index contributed by atoms with van der Waals surface area (Å²) in [5, 5.41) is 9.39. The number of fused-ring (bicyclic) bond motifs is 5. The second-order valence-corrected chi connectivity index (χ2v) is 8.73. The summed E-state index contributed by atoms with van der Waals surface area (Å²) in [5.41, 5.74) is 9.89. The molecule has 35 heavy (non-hydrogen) atoms. The van der Waals surface area contributed by atoms with Gasteiger partial charge >= 0.3 is 0 Å². The maximum Gasteiger partial charge on any atom is 0.194 e. The van der Waals surface area contributed by atoms with Gasteiger partial charge in [-0.2, -0.15) is 0 Å². The monoisotopic (exact) mass is 641 g/mol. The van der Waals surface area contributed by atoms with Crippen LogP contribution in [0, 0.1) is 26.8 Å². The summed E-state index contributed by atoms with van der Waals surface area (Å²) in [6.45, 7) is 9.05. The van der Waals surface area contributed by atoms with Gasteiger partial charge in [-0.1, -0.05) is 44.2 Å². The van der Waals surface area contributed by atoms with E-state index >= 15 is 0 Å². The summed E-state index contributed by atoms with van der Waals surface area (Å²) < 4.78 is 0. The number of aliphatic hydroxyl groups excluding tert-OH is 1. The van der Waals surface area contributed by atoms with Gasteiger partial charge in [0.05, 0.1) is 11.3 Å². The fourth-order valence-electron chi connectivity index (χ4n) is 4.47. The first-order chi connectivity index (χ1) is 16.2. The molecular weight excluding hydrogens is 615 g/mol. The van der Waals surface area contributed by atoms with Gasteiger partial charge in [0.2, 0.25) is 0 Å². The Kier molecular flexibility index (Phi) is 7.84. The van der Waals surface area contributed by atoms with Gasteiger partial charge in [-0.05, 0) is 49.7 Å². The van der Waals surface area contributed by atoms with Gasteiger partial charge in [0.15, 0.2) is 11.6 Å². The summed E-state index contributed by atoms with van der Waals surface area (Å²) >= 11 is 0. The van der Waals surface area contributed by atoms with E-state index in [2.05, 4.69) is 51.1 Å². The molecule has 0 fully saturated rings. The zero-order chi connectivity index (χ0) is 24.6. The number of aryl methyl sites for hydroxylation is 3. The van der Waals surface area contributed by atoms with E-state index in [0.717, 1.165) is 55.5 Å². The third-order valence-corrected chi connectivity index (χ3v) is 5.72. The van der Waals surface area contributed by atoms with Gasteiger partial charge in [0.1, 0.15) is 0 Å². The molecule has 4 nitrogen and oxygen atoms in total. The Labute approximate surface area is 219 Å². The number of pyridine rings is 1. The molecule has 0 unspecified atom stereocenters. The Bertz CT molecular complexity index is 1480. The molecule has 3 aromatic carbocycles.